The maximum absolute atomic E-state index is 14.4. The highest BCUT2D eigenvalue weighted by atomic mass is 19.4. The number of esters is 1. The summed E-state index contributed by atoms with van der Waals surface area (Å²) in [4.78, 5) is 24.1. The van der Waals surface area contributed by atoms with E-state index in [1.54, 1.807) is 13.0 Å². The molecule has 1 aromatic rings. The van der Waals surface area contributed by atoms with Crippen molar-refractivity contribution >= 4 is 11.8 Å². The van der Waals surface area contributed by atoms with E-state index in [2.05, 4.69) is 0 Å². The van der Waals surface area contributed by atoms with E-state index in [1.165, 1.54) is 5.57 Å². The quantitative estimate of drug-likeness (QED) is 0.406. The Hall–Kier alpha value is -2.41. The van der Waals surface area contributed by atoms with Crippen molar-refractivity contribution in [2.75, 3.05) is 0 Å². The molecule has 0 saturated heterocycles. The first-order chi connectivity index (χ1) is 17.9. The van der Waals surface area contributed by atoms with E-state index in [0.29, 0.717) is 44.9 Å². The highest BCUT2D eigenvalue weighted by Gasteiger charge is 2.72. The van der Waals surface area contributed by atoms with Crippen molar-refractivity contribution in [2.24, 2.45) is 17.3 Å². The molecule has 0 radical (unpaired) electrons. The SMILES string of the molecule is CCCC(=O)OC(C)c1ccc(C2CC3(C)C(CCC3(O)C(F)(F)F)C3CCC4=CC(=O)CCC4=C23)cc1. The molecule has 7 heteroatoms. The highest BCUT2D eigenvalue weighted by molar-refractivity contribution is 5.93. The molecule has 6 atom stereocenters. The maximum Gasteiger partial charge on any atom is 0.417 e. The van der Waals surface area contributed by atoms with Crippen LogP contribution in [0, 0.1) is 17.3 Å². The third-order valence-corrected chi connectivity index (χ3v) is 9.93. The van der Waals surface area contributed by atoms with Crippen LogP contribution in [0.25, 0.3) is 0 Å². The molecule has 0 spiro atoms. The number of aliphatic hydroxyl groups is 1. The van der Waals surface area contributed by atoms with Crippen LogP contribution in [0.2, 0.25) is 0 Å². The topological polar surface area (TPSA) is 63.6 Å². The van der Waals surface area contributed by atoms with Gasteiger partial charge in [-0.25, -0.2) is 0 Å². The molecule has 206 valence electrons. The number of hydrogen-bond donors (Lipinski definition) is 1. The molecule has 6 unspecified atom stereocenters. The number of allylic oxidation sites excluding steroid dienone is 4. The molecular weight excluding hydrogens is 493 g/mol. The number of rotatable bonds is 5. The van der Waals surface area contributed by atoms with Gasteiger partial charge in [0.15, 0.2) is 11.4 Å². The van der Waals surface area contributed by atoms with Gasteiger partial charge in [0.1, 0.15) is 6.10 Å². The van der Waals surface area contributed by atoms with Crippen LogP contribution >= 0.6 is 0 Å². The Bertz CT molecular complexity index is 1180. The molecule has 0 bridgehead atoms. The minimum atomic E-state index is -4.70. The summed E-state index contributed by atoms with van der Waals surface area (Å²) in [7, 11) is 0. The van der Waals surface area contributed by atoms with E-state index >= 15 is 0 Å². The van der Waals surface area contributed by atoms with Crippen molar-refractivity contribution in [2.45, 2.75) is 102 Å². The van der Waals surface area contributed by atoms with E-state index in [0.717, 1.165) is 22.3 Å². The molecule has 0 aromatic heterocycles. The predicted octanol–water partition coefficient (Wildman–Crippen LogP) is 7.28. The zero-order valence-corrected chi connectivity index (χ0v) is 22.4. The van der Waals surface area contributed by atoms with E-state index < -0.39 is 23.3 Å². The lowest BCUT2D eigenvalue weighted by Gasteiger charge is -2.55. The second kappa shape index (κ2) is 9.65. The van der Waals surface area contributed by atoms with Crippen molar-refractivity contribution in [1.29, 1.82) is 0 Å². The van der Waals surface area contributed by atoms with Crippen LogP contribution in [-0.4, -0.2) is 28.6 Å². The Kier molecular flexibility index (Phi) is 6.90. The zero-order chi connectivity index (χ0) is 27.5. The molecular formula is C31H37F3O4. The van der Waals surface area contributed by atoms with Gasteiger partial charge >= 0.3 is 12.1 Å². The van der Waals surface area contributed by atoms with Gasteiger partial charge in [0.05, 0.1) is 0 Å². The van der Waals surface area contributed by atoms with Crippen LogP contribution in [0.1, 0.15) is 102 Å². The van der Waals surface area contributed by atoms with Gasteiger partial charge in [-0.1, -0.05) is 43.7 Å². The standard InChI is InChI=1S/C31H37F3O4/c1-4-5-27(36)38-18(2)19-6-8-20(9-7-19)25-17-29(3)26(14-15-30(29,37)31(32,33)34)24-12-10-21-16-22(35)11-13-23(21)28(24)25/h6-9,16,18,24-26,37H,4-5,10-15,17H2,1-3H3. The molecule has 4 aliphatic rings. The number of ether oxygens (including phenoxy) is 1. The molecule has 5 rings (SSSR count). The van der Waals surface area contributed by atoms with Crippen molar-refractivity contribution in [3.05, 3.63) is 58.2 Å². The fourth-order valence-corrected chi connectivity index (χ4v) is 7.96. The summed E-state index contributed by atoms with van der Waals surface area (Å²) in [5.41, 5.74) is 1.08. The number of ketones is 1. The van der Waals surface area contributed by atoms with Gasteiger partial charge in [-0.2, -0.15) is 13.2 Å². The summed E-state index contributed by atoms with van der Waals surface area (Å²) in [5, 5.41) is 11.2. The largest absolute Gasteiger partial charge is 0.458 e. The Morgan fingerprint density at radius 2 is 1.87 bits per heavy atom. The van der Waals surface area contributed by atoms with E-state index in [4.69, 9.17) is 4.74 Å². The average molecular weight is 531 g/mol. The van der Waals surface area contributed by atoms with Gasteiger partial charge in [0, 0.05) is 24.2 Å². The van der Waals surface area contributed by atoms with Crippen LogP contribution < -0.4 is 0 Å². The van der Waals surface area contributed by atoms with Crippen molar-refractivity contribution < 1.29 is 32.6 Å². The molecule has 0 heterocycles. The lowest BCUT2D eigenvalue weighted by molar-refractivity contribution is -0.299. The van der Waals surface area contributed by atoms with Gasteiger partial charge in [0.25, 0.3) is 0 Å². The second-order valence-electron chi connectivity index (χ2n) is 11.9. The average Bonchev–Trinajstić information content (AvgIpc) is 3.15. The summed E-state index contributed by atoms with van der Waals surface area (Å²) in [5.74, 6) is -0.741. The molecule has 1 N–H and O–H groups in total. The molecule has 4 aliphatic carbocycles. The maximum atomic E-state index is 14.4. The first-order valence-electron chi connectivity index (χ1n) is 13.9. The van der Waals surface area contributed by atoms with Crippen molar-refractivity contribution in [3.8, 4) is 0 Å². The first kappa shape index (κ1) is 27.2. The number of carbonyl (C=O) groups excluding carboxylic acids is 2. The molecule has 1 aromatic carbocycles. The zero-order valence-electron chi connectivity index (χ0n) is 22.4. The number of benzene rings is 1. The second-order valence-corrected chi connectivity index (χ2v) is 11.9. The number of hydrogen-bond acceptors (Lipinski definition) is 4. The number of alkyl halides is 3. The summed E-state index contributed by atoms with van der Waals surface area (Å²) in [6.45, 7) is 5.37. The summed E-state index contributed by atoms with van der Waals surface area (Å²) < 4.78 is 48.7. The van der Waals surface area contributed by atoms with Gasteiger partial charge in [-0.15, -0.1) is 0 Å². The number of carbonyl (C=O) groups is 2. The van der Waals surface area contributed by atoms with Gasteiger partial charge < -0.3 is 9.84 Å². The minimum absolute atomic E-state index is 0.0518. The first-order valence-corrected chi connectivity index (χ1v) is 13.9. The fourth-order valence-electron chi connectivity index (χ4n) is 7.96. The fraction of sp³-hybridized carbons (Fsp3) is 0.613. The van der Waals surface area contributed by atoms with Crippen molar-refractivity contribution in [1.82, 2.24) is 0 Å². The minimum Gasteiger partial charge on any atom is -0.458 e. The van der Waals surface area contributed by atoms with Crippen LogP contribution in [0.4, 0.5) is 13.2 Å². The van der Waals surface area contributed by atoms with Crippen LogP contribution in [-0.2, 0) is 14.3 Å². The Morgan fingerprint density at radius 1 is 1.16 bits per heavy atom. The Labute approximate surface area is 222 Å². The van der Waals surface area contributed by atoms with Gasteiger partial charge in [-0.05, 0) is 92.1 Å². The number of halogens is 3. The summed E-state index contributed by atoms with van der Waals surface area (Å²) >= 11 is 0. The molecule has 4 nitrogen and oxygen atoms in total. The predicted molar refractivity (Wildman–Crippen MR) is 137 cm³/mol. The molecule has 0 amide bonds. The molecule has 2 fully saturated rings. The van der Waals surface area contributed by atoms with E-state index in [-0.39, 0.29) is 42.3 Å². The van der Waals surface area contributed by atoms with Gasteiger partial charge in [0.2, 0.25) is 0 Å². The van der Waals surface area contributed by atoms with Crippen molar-refractivity contribution in [3.63, 3.8) is 0 Å². The molecule has 38 heavy (non-hydrogen) atoms. The summed E-state index contributed by atoms with van der Waals surface area (Å²) in [6, 6.07) is 7.66. The third kappa shape index (κ3) is 4.25. The van der Waals surface area contributed by atoms with E-state index in [9.17, 15) is 27.9 Å². The Balaban J connectivity index is 1.56. The highest BCUT2D eigenvalue weighted by Crippen LogP contribution is 2.69. The molecule has 0 aliphatic heterocycles. The smallest absolute Gasteiger partial charge is 0.417 e. The third-order valence-electron chi connectivity index (χ3n) is 9.93. The van der Waals surface area contributed by atoms with Crippen LogP contribution in [0.15, 0.2) is 47.1 Å². The monoisotopic (exact) mass is 530 g/mol. The lowest BCUT2D eigenvalue weighted by Crippen LogP contribution is -2.58. The Morgan fingerprint density at radius 3 is 2.53 bits per heavy atom. The van der Waals surface area contributed by atoms with Gasteiger partial charge in [-0.3, -0.25) is 9.59 Å². The lowest BCUT2D eigenvalue weighted by atomic mass is 9.51. The molecule has 2 saturated carbocycles. The normalized spacial score (nSPS) is 33.7. The van der Waals surface area contributed by atoms with Crippen LogP contribution in [0.5, 0.6) is 0 Å². The summed E-state index contributed by atoms with van der Waals surface area (Å²) in [6.07, 6.45) is 0.382. The van der Waals surface area contributed by atoms with Crippen LogP contribution in [0.3, 0.4) is 0 Å². The number of fused-ring (bicyclic) bond motifs is 4. The van der Waals surface area contributed by atoms with E-state index in [1.807, 2.05) is 38.1 Å².